The van der Waals surface area contributed by atoms with Crippen LogP contribution in [0.5, 0.6) is 0 Å². The molecule has 6 rings (SSSR count). The maximum absolute atomic E-state index is 15.7. The van der Waals surface area contributed by atoms with Crippen molar-refractivity contribution in [1.29, 1.82) is 0 Å². The van der Waals surface area contributed by atoms with E-state index in [1.807, 2.05) is 6.07 Å². The van der Waals surface area contributed by atoms with Crippen molar-refractivity contribution in [2.24, 2.45) is 0 Å². The van der Waals surface area contributed by atoms with E-state index in [0.717, 1.165) is 36.8 Å². The van der Waals surface area contributed by atoms with Crippen molar-refractivity contribution in [3.05, 3.63) is 76.7 Å². The SMILES string of the molecule is CN1CCC(Nc2ncc3cc(-c4cccc(NS(=O)(=O)c5cc(Cl)cc6c5CCC6O)c4F)ccc3n2)CC1. The lowest BCUT2D eigenvalue weighted by Crippen LogP contribution is -2.37. The molecule has 8 nitrogen and oxygen atoms in total. The predicted molar refractivity (Wildman–Crippen MR) is 155 cm³/mol. The minimum Gasteiger partial charge on any atom is -0.388 e. The van der Waals surface area contributed by atoms with Crippen molar-refractivity contribution in [3.8, 4) is 11.1 Å². The van der Waals surface area contributed by atoms with E-state index in [1.54, 1.807) is 36.5 Å². The van der Waals surface area contributed by atoms with Gasteiger partial charge in [-0.05, 0) is 92.8 Å². The largest absolute Gasteiger partial charge is 0.388 e. The second-order valence-corrected chi connectivity index (χ2v) is 12.6. The number of hydrogen-bond acceptors (Lipinski definition) is 7. The first-order valence-corrected chi connectivity index (χ1v) is 15.1. The lowest BCUT2D eigenvalue weighted by atomic mass is 10.0. The molecule has 4 aromatic rings. The Bertz CT molecular complexity index is 1710. The summed E-state index contributed by atoms with van der Waals surface area (Å²) in [5.74, 6) is -0.136. The normalized spacial score (nSPS) is 18.1. The van der Waals surface area contributed by atoms with Gasteiger partial charge in [-0.15, -0.1) is 0 Å². The summed E-state index contributed by atoms with van der Waals surface area (Å²) in [6, 6.07) is 13.2. The van der Waals surface area contributed by atoms with Gasteiger partial charge in [0.25, 0.3) is 10.0 Å². The number of nitrogens with one attached hydrogen (secondary N) is 2. The van der Waals surface area contributed by atoms with Gasteiger partial charge in [-0.1, -0.05) is 29.8 Å². The number of rotatable bonds is 6. The Kier molecular flexibility index (Phi) is 7.12. The number of nitrogens with zero attached hydrogens (tertiary/aromatic N) is 3. The number of aromatic nitrogens is 2. The topological polar surface area (TPSA) is 107 Å². The molecule has 1 aliphatic heterocycles. The van der Waals surface area contributed by atoms with E-state index in [0.29, 0.717) is 41.5 Å². The molecular formula is C29H29ClFN5O3S. The summed E-state index contributed by atoms with van der Waals surface area (Å²) in [7, 11) is -2.06. The van der Waals surface area contributed by atoms with Gasteiger partial charge in [0.05, 0.1) is 22.2 Å². The van der Waals surface area contributed by atoms with Crippen LogP contribution in [0.3, 0.4) is 0 Å². The van der Waals surface area contributed by atoms with Crippen LogP contribution in [-0.4, -0.2) is 54.6 Å². The minimum absolute atomic E-state index is 0.0520. The highest BCUT2D eigenvalue weighted by molar-refractivity contribution is 7.92. The first-order valence-electron chi connectivity index (χ1n) is 13.2. The highest BCUT2D eigenvalue weighted by atomic mass is 35.5. The lowest BCUT2D eigenvalue weighted by Gasteiger charge is -2.29. The summed E-state index contributed by atoms with van der Waals surface area (Å²) < 4.78 is 44.8. The van der Waals surface area contributed by atoms with Gasteiger partial charge in [0.2, 0.25) is 5.95 Å². The molecule has 0 radical (unpaired) electrons. The number of fused-ring (bicyclic) bond motifs is 2. The summed E-state index contributed by atoms with van der Waals surface area (Å²) in [6.45, 7) is 2.06. The highest BCUT2D eigenvalue weighted by Crippen LogP contribution is 2.38. The highest BCUT2D eigenvalue weighted by Gasteiger charge is 2.30. The number of benzene rings is 3. The van der Waals surface area contributed by atoms with Crippen LogP contribution in [0.2, 0.25) is 5.02 Å². The minimum atomic E-state index is -4.18. The quantitative estimate of drug-likeness (QED) is 0.281. The molecule has 3 aromatic carbocycles. The Morgan fingerprint density at radius 3 is 2.70 bits per heavy atom. The number of aliphatic hydroxyl groups is 1. The van der Waals surface area contributed by atoms with Gasteiger partial charge >= 0.3 is 0 Å². The van der Waals surface area contributed by atoms with E-state index >= 15 is 4.39 Å². The molecule has 11 heteroatoms. The smallest absolute Gasteiger partial charge is 0.262 e. The lowest BCUT2D eigenvalue weighted by molar-refractivity contribution is 0.180. The second-order valence-electron chi connectivity index (χ2n) is 10.5. The molecule has 1 saturated heterocycles. The predicted octanol–water partition coefficient (Wildman–Crippen LogP) is 5.38. The van der Waals surface area contributed by atoms with Crippen molar-refractivity contribution in [1.82, 2.24) is 14.9 Å². The molecule has 40 heavy (non-hydrogen) atoms. The maximum atomic E-state index is 15.7. The zero-order valence-electron chi connectivity index (χ0n) is 21.9. The molecule has 0 spiro atoms. The van der Waals surface area contributed by atoms with Gasteiger partial charge in [-0.2, -0.15) is 0 Å². The average Bonchev–Trinajstić information content (AvgIpc) is 3.30. The van der Waals surface area contributed by atoms with E-state index < -0.39 is 21.9 Å². The summed E-state index contributed by atoms with van der Waals surface area (Å²) in [5, 5.41) is 14.6. The van der Waals surface area contributed by atoms with Crippen LogP contribution in [0, 0.1) is 5.82 Å². The van der Waals surface area contributed by atoms with Crippen LogP contribution in [0.25, 0.3) is 22.0 Å². The third-order valence-corrected chi connectivity index (χ3v) is 9.36. The first kappa shape index (κ1) is 26.9. The van der Waals surface area contributed by atoms with Crippen LogP contribution in [0.15, 0.2) is 59.6 Å². The fraction of sp³-hybridized carbons (Fsp3) is 0.310. The number of anilines is 2. The Morgan fingerprint density at radius 2 is 1.90 bits per heavy atom. The average molecular weight is 582 g/mol. The molecule has 1 unspecified atom stereocenters. The Balaban J connectivity index is 1.26. The van der Waals surface area contributed by atoms with E-state index in [9.17, 15) is 13.5 Å². The molecule has 3 N–H and O–H groups in total. The summed E-state index contributed by atoms with van der Waals surface area (Å²) in [6.07, 6.45) is 3.78. The molecule has 1 aliphatic carbocycles. The van der Waals surface area contributed by atoms with Gasteiger partial charge in [-0.3, -0.25) is 4.72 Å². The molecule has 2 aliphatic rings. The van der Waals surface area contributed by atoms with Crippen LogP contribution >= 0.6 is 11.6 Å². The van der Waals surface area contributed by atoms with Gasteiger partial charge in [0.15, 0.2) is 5.82 Å². The number of piperidine rings is 1. The molecule has 1 fully saturated rings. The van der Waals surface area contributed by atoms with Gasteiger partial charge in [-0.25, -0.2) is 22.8 Å². The Morgan fingerprint density at radius 1 is 1.10 bits per heavy atom. The van der Waals surface area contributed by atoms with Gasteiger partial charge in [0, 0.05) is 28.2 Å². The first-order chi connectivity index (χ1) is 19.2. The van der Waals surface area contributed by atoms with Crippen molar-refractivity contribution < 1.29 is 17.9 Å². The fourth-order valence-electron chi connectivity index (χ4n) is 5.51. The van der Waals surface area contributed by atoms with Crippen molar-refractivity contribution in [2.45, 2.75) is 42.7 Å². The zero-order chi connectivity index (χ0) is 28.0. The van der Waals surface area contributed by atoms with Crippen LogP contribution in [-0.2, 0) is 16.4 Å². The number of likely N-dealkylation sites (tertiary alicyclic amines) is 1. The summed E-state index contributed by atoms with van der Waals surface area (Å²) >= 11 is 6.16. The number of sulfonamides is 1. The summed E-state index contributed by atoms with van der Waals surface area (Å²) in [4.78, 5) is 11.4. The number of aliphatic hydroxyl groups excluding tert-OH is 1. The third kappa shape index (κ3) is 5.24. The maximum Gasteiger partial charge on any atom is 0.262 e. The molecular weight excluding hydrogens is 553 g/mol. The van der Waals surface area contributed by atoms with Crippen molar-refractivity contribution in [2.75, 3.05) is 30.2 Å². The van der Waals surface area contributed by atoms with Crippen molar-refractivity contribution >= 4 is 44.2 Å². The van der Waals surface area contributed by atoms with Gasteiger partial charge < -0.3 is 15.3 Å². The van der Waals surface area contributed by atoms with Crippen LogP contribution in [0.4, 0.5) is 16.0 Å². The fourth-order valence-corrected chi connectivity index (χ4v) is 7.19. The second kappa shape index (κ2) is 10.6. The van der Waals surface area contributed by atoms with E-state index in [1.165, 1.54) is 12.1 Å². The van der Waals surface area contributed by atoms with Gasteiger partial charge in [0.1, 0.15) is 0 Å². The number of hydrogen-bond donors (Lipinski definition) is 3. The van der Waals surface area contributed by atoms with E-state index in [4.69, 9.17) is 11.6 Å². The molecule has 2 heterocycles. The summed E-state index contributed by atoms with van der Waals surface area (Å²) in [5.41, 5.74) is 2.34. The Hall–Kier alpha value is -3.31. The molecule has 0 saturated carbocycles. The standard InChI is InChI=1S/C29H29ClFN5O3S/c1-36-11-9-20(10-12-36)33-29-32-16-18-13-17(5-7-24(18)34-29)21-3-2-4-25(28(21)31)35-40(38,39)27-15-19(30)14-23-22(27)6-8-26(23)37/h2-5,7,13-16,20,26,35,37H,6,8-12H2,1H3,(H,32,33,34). The number of halogens is 2. The van der Waals surface area contributed by atoms with Crippen LogP contribution < -0.4 is 10.0 Å². The zero-order valence-corrected chi connectivity index (χ0v) is 23.4. The molecule has 208 valence electrons. The van der Waals surface area contributed by atoms with E-state index in [2.05, 4.69) is 32.0 Å². The van der Waals surface area contributed by atoms with Crippen LogP contribution in [0.1, 0.15) is 36.5 Å². The third-order valence-electron chi connectivity index (χ3n) is 7.71. The van der Waals surface area contributed by atoms with E-state index in [-0.39, 0.29) is 21.2 Å². The molecule has 0 bridgehead atoms. The van der Waals surface area contributed by atoms with Crippen molar-refractivity contribution in [3.63, 3.8) is 0 Å². The molecule has 0 amide bonds. The molecule has 1 aromatic heterocycles. The monoisotopic (exact) mass is 581 g/mol. The molecule has 1 atom stereocenters. The Labute approximate surface area is 237 Å².